The van der Waals surface area contributed by atoms with E-state index in [2.05, 4.69) is 8.83 Å². The molecule has 4 N–H and O–H groups in total. The third-order valence-corrected chi connectivity index (χ3v) is 3.19. The van der Waals surface area contributed by atoms with E-state index in [4.69, 9.17) is 19.8 Å². The van der Waals surface area contributed by atoms with Crippen LogP contribution in [0.4, 0.5) is 0 Å². The Labute approximate surface area is 80.3 Å². The van der Waals surface area contributed by atoms with Crippen molar-refractivity contribution in [1.82, 2.24) is 0 Å². The van der Waals surface area contributed by atoms with Crippen LogP contribution >= 0.6 is 15.6 Å². The van der Waals surface area contributed by atoms with Gasteiger partial charge in [-0.3, -0.25) is 4.52 Å². The second-order valence-corrected chi connectivity index (χ2v) is 5.17. The molecule has 0 fully saturated rings. The van der Waals surface area contributed by atoms with Crippen molar-refractivity contribution in [3.05, 3.63) is 0 Å². The van der Waals surface area contributed by atoms with E-state index in [1.165, 1.54) is 0 Å². The van der Waals surface area contributed by atoms with Crippen LogP contribution in [0.15, 0.2) is 0 Å². The van der Waals surface area contributed by atoms with Gasteiger partial charge in [-0.05, 0) is 6.42 Å². The average molecular weight is 250 g/mol. The fourth-order valence-corrected chi connectivity index (χ4v) is 2.25. The molecular weight excluding hydrogens is 238 g/mol. The predicted molar refractivity (Wildman–Crippen MR) is 45.0 cm³/mol. The molecule has 0 saturated heterocycles. The van der Waals surface area contributed by atoms with Crippen LogP contribution in [-0.4, -0.2) is 26.1 Å². The number of hydrogen-bond donors (Lipinski definition) is 4. The van der Waals surface area contributed by atoms with E-state index in [0.717, 1.165) is 0 Å². The highest BCUT2D eigenvalue weighted by molar-refractivity contribution is 7.60. The summed E-state index contributed by atoms with van der Waals surface area (Å²) < 4.78 is 28.4. The summed E-state index contributed by atoms with van der Waals surface area (Å²) in [4.78, 5) is 25.1. The minimum absolute atomic E-state index is 0.0507. The maximum absolute atomic E-state index is 10.8. The zero-order chi connectivity index (χ0) is 11.4. The second-order valence-electron chi connectivity index (χ2n) is 2.39. The van der Waals surface area contributed by atoms with Gasteiger partial charge in [-0.1, -0.05) is 13.3 Å². The van der Waals surface area contributed by atoms with Crippen LogP contribution in [0.1, 0.15) is 19.8 Å². The van der Waals surface area contributed by atoms with Gasteiger partial charge in [-0.2, -0.15) is 4.31 Å². The van der Waals surface area contributed by atoms with E-state index < -0.39 is 21.9 Å². The molecule has 0 aliphatic rings. The molecule has 0 aromatic heterocycles. The van der Waals surface area contributed by atoms with Crippen molar-refractivity contribution in [3.63, 3.8) is 0 Å². The number of phosphoric ester groups is 1. The molecule has 2 unspecified atom stereocenters. The van der Waals surface area contributed by atoms with Crippen LogP contribution in [-0.2, 0) is 18.0 Å². The van der Waals surface area contributed by atoms with Gasteiger partial charge in [0.15, 0.2) is 6.29 Å². The molecule has 86 valence electrons. The fraction of sp³-hybridized carbons (Fsp3) is 1.00. The van der Waals surface area contributed by atoms with E-state index in [-0.39, 0.29) is 6.42 Å². The van der Waals surface area contributed by atoms with Crippen molar-refractivity contribution in [3.8, 4) is 0 Å². The monoisotopic (exact) mass is 250 g/mol. The van der Waals surface area contributed by atoms with Gasteiger partial charge in [-0.25, -0.2) is 9.13 Å². The summed E-state index contributed by atoms with van der Waals surface area (Å²) in [7, 11) is -10.0. The Balaban J connectivity index is 4.21. The van der Waals surface area contributed by atoms with Gasteiger partial charge >= 0.3 is 15.6 Å². The fourth-order valence-electron chi connectivity index (χ4n) is 0.607. The molecule has 8 nitrogen and oxygen atoms in total. The Hall–Kier alpha value is 0.220. The summed E-state index contributed by atoms with van der Waals surface area (Å²) in [5.74, 6) is 0. The second kappa shape index (κ2) is 5.34. The zero-order valence-electron chi connectivity index (χ0n) is 7.31. The van der Waals surface area contributed by atoms with Crippen LogP contribution in [0.5, 0.6) is 0 Å². The third-order valence-electron chi connectivity index (χ3n) is 1.00. The van der Waals surface area contributed by atoms with Crippen molar-refractivity contribution in [2.75, 3.05) is 0 Å². The molecule has 0 aromatic carbocycles. The SMILES string of the molecule is CCCC(O)OP(=O)(O)OP(=O)(O)O. The summed E-state index contributed by atoms with van der Waals surface area (Å²) >= 11 is 0. The number of hydrogen-bond acceptors (Lipinski definition) is 5. The lowest BCUT2D eigenvalue weighted by molar-refractivity contribution is -0.0411. The highest BCUT2D eigenvalue weighted by Gasteiger charge is 2.34. The minimum atomic E-state index is -5.11. The van der Waals surface area contributed by atoms with E-state index in [1.54, 1.807) is 6.92 Å². The van der Waals surface area contributed by atoms with E-state index in [0.29, 0.717) is 6.42 Å². The summed E-state index contributed by atoms with van der Waals surface area (Å²) in [5, 5.41) is 8.89. The van der Waals surface area contributed by atoms with Crippen LogP contribution in [0.25, 0.3) is 0 Å². The largest absolute Gasteiger partial charge is 0.483 e. The first-order valence-electron chi connectivity index (χ1n) is 3.62. The molecule has 0 saturated carbocycles. The molecule has 0 radical (unpaired) electrons. The predicted octanol–water partition coefficient (Wildman–Crippen LogP) is 0.331. The van der Waals surface area contributed by atoms with Crippen molar-refractivity contribution in [1.29, 1.82) is 0 Å². The Kier molecular flexibility index (Phi) is 5.43. The molecule has 10 heteroatoms. The minimum Gasteiger partial charge on any atom is -0.367 e. The number of phosphoric acid groups is 2. The van der Waals surface area contributed by atoms with E-state index >= 15 is 0 Å². The molecule has 0 heterocycles. The zero-order valence-corrected chi connectivity index (χ0v) is 9.10. The number of aliphatic hydroxyl groups is 1. The van der Waals surface area contributed by atoms with Gasteiger partial charge < -0.3 is 19.8 Å². The van der Waals surface area contributed by atoms with Gasteiger partial charge in [-0.15, -0.1) is 0 Å². The molecule has 14 heavy (non-hydrogen) atoms. The lowest BCUT2D eigenvalue weighted by Gasteiger charge is -2.15. The van der Waals surface area contributed by atoms with Crippen molar-refractivity contribution in [2.24, 2.45) is 0 Å². The Morgan fingerprint density at radius 2 is 1.79 bits per heavy atom. The highest BCUT2D eigenvalue weighted by Crippen LogP contribution is 2.58. The summed E-state index contributed by atoms with van der Waals surface area (Å²) in [6, 6.07) is 0. The first kappa shape index (κ1) is 14.2. The first-order valence-corrected chi connectivity index (χ1v) is 6.65. The lowest BCUT2D eigenvalue weighted by Crippen LogP contribution is -2.10. The van der Waals surface area contributed by atoms with Gasteiger partial charge in [0, 0.05) is 0 Å². The molecular formula is C4H12O8P2. The third kappa shape index (κ3) is 7.61. The van der Waals surface area contributed by atoms with Gasteiger partial charge in [0.1, 0.15) is 0 Å². The number of rotatable bonds is 6. The maximum atomic E-state index is 10.8. The van der Waals surface area contributed by atoms with Crippen LogP contribution in [0.3, 0.4) is 0 Å². The molecule has 0 bridgehead atoms. The molecule has 0 amide bonds. The summed E-state index contributed by atoms with van der Waals surface area (Å²) in [6.07, 6.45) is -1.08. The number of aliphatic hydroxyl groups excluding tert-OH is 1. The van der Waals surface area contributed by atoms with Crippen molar-refractivity contribution < 1.29 is 37.8 Å². The lowest BCUT2D eigenvalue weighted by atomic mass is 10.3. The molecule has 0 rings (SSSR count). The molecule has 0 aromatic rings. The quantitative estimate of drug-likeness (QED) is 0.391. The Morgan fingerprint density at radius 3 is 2.14 bits per heavy atom. The molecule has 2 atom stereocenters. The Bertz CT molecular complexity index is 258. The first-order chi connectivity index (χ1) is 6.16. The van der Waals surface area contributed by atoms with Crippen molar-refractivity contribution in [2.45, 2.75) is 26.1 Å². The van der Waals surface area contributed by atoms with Crippen molar-refractivity contribution >= 4 is 15.6 Å². The highest BCUT2D eigenvalue weighted by atomic mass is 31.3. The molecule has 0 spiro atoms. The van der Waals surface area contributed by atoms with Gasteiger partial charge in [0.05, 0.1) is 0 Å². The normalized spacial score (nSPS) is 18.9. The van der Waals surface area contributed by atoms with Gasteiger partial charge in [0.2, 0.25) is 0 Å². The van der Waals surface area contributed by atoms with E-state index in [1.807, 2.05) is 0 Å². The average Bonchev–Trinajstić information content (AvgIpc) is 1.78. The van der Waals surface area contributed by atoms with Crippen LogP contribution < -0.4 is 0 Å². The summed E-state index contributed by atoms with van der Waals surface area (Å²) in [6.45, 7) is 1.68. The van der Waals surface area contributed by atoms with Crippen LogP contribution in [0.2, 0.25) is 0 Å². The molecule has 0 aliphatic heterocycles. The summed E-state index contributed by atoms with van der Waals surface area (Å²) in [5.41, 5.74) is 0. The topological polar surface area (TPSA) is 134 Å². The maximum Gasteiger partial charge on any atom is 0.483 e. The standard InChI is InChI=1S/C4H12O8P2/c1-2-3-4(5)11-14(9,10)12-13(6,7)8/h4-5H,2-3H2,1H3,(H,9,10)(H2,6,7,8). The van der Waals surface area contributed by atoms with Crippen LogP contribution in [0, 0.1) is 0 Å². The Morgan fingerprint density at radius 1 is 1.29 bits per heavy atom. The van der Waals surface area contributed by atoms with Gasteiger partial charge in [0.25, 0.3) is 0 Å². The smallest absolute Gasteiger partial charge is 0.367 e. The van der Waals surface area contributed by atoms with E-state index in [9.17, 15) is 9.13 Å². The molecule has 0 aliphatic carbocycles.